The number of benzene rings is 2. The standard InChI is InChI=1S/C29H29F3N8O.ClH/c1-18-3-6-23(12-26(18)39-28-36-8-7-25(38-28)22-13-33-17-34-14-22)37-27(41)20-4-5-21(24(11-20)29(30,31)32)16-40-10-9-35-19(2)15-40;/h3-8,11-14,17,19,35H,9-10,15-16H2,1-2H3,(H,37,41)(H,36,38,39);1H. The van der Waals surface area contributed by atoms with Crippen LogP contribution in [0.15, 0.2) is 67.4 Å². The van der Waals surface area contributed by atoms with E-state index in [0.29, 0.717) is 36.1 Å². The minimum Gasteiger partial charge on any atom is -0.324 e. The predicted octanol–water partition coefficient (Wildman–Crippen LogP) is 5.47. The summed E-state index contributed by atoms with van der Waals surface area (Å²) in [6, 6.07) is 10.8. The number of aryl methyl sites for hydroxylation is 1. The SMILES string of the molecule is Cc1ccc(NC(=O)c2ccc(CN3CCNC(C)C3)c(C(F)(F)F)c2)cc1Nc1nccc(-c2cncnc2)n1.Cl. The first kappa shape index (κ1) is 30.8. The van der Waals surface area contributed by atoms with Crippen molar-refractivity contribution >= 4 is 35.6 Å². The largest absolute Gasteiger partial charge is 0.416 e. The summed E-state index contributed by atoms with van der Waals surface area (Å²) in [5.74, 6) is -0.322. The number of alkyl halides is 3. The number of aromatic nitrogens is 4. The third-order valence-electron chi connectivity index (χ3n) is 6.78. The molecule has 13 heteroatoms. The zero-order valence-electron chi connectivity index (χ0n) is 22.9. The molecule has 9 nitrogen and oxygen atoms in total. The van der Waals surface area contributed by atoms with Gasteiger partial charge in [-0.05, 0) is 55.3 Å². The van der Waals surface area contributed by atoms with Gasteiger partial charge in [0.15, 0.2) is 0 Å². The monoisotopic (exact) mass is 598 g/mol. The van der Waals surface area contributed by atoms with Crippen LogP contribution >= 0.6 is 12.4 Å². The molecular formula is C29H30ClF3N8O. The summed E-state index contributed by atoms with van der Waals surface area (Å²) in [7, 11) is 0. The zero-order chi connectivity index (χ0) is 29.0. The third kappa shape index (κ3) is 7.58. The number of hydrogen-bond donors (Lipinski definition) is 3. The second-order valence-electron chi connectivity index (χ2n) is 9.96. The summed E-state index contributed by atoms with van der Waals surface area (Å²) in [5.41, 5.74) is 2.50. The van der Waals surface area contributed by atoms with Crippen LogP contribution in [0, 0.1) is 6.92 Å². The molecule has 2 aromatic heterocycles. The normalized spacial score (nSPS) is 15.5. The number of halogens is 4. The van der Waals surface area contributed by atoms with Crippen molar-refractivity contribution in [2.45, 2.75) is 32.6 Å². The molecule has 42 heavy (non-hydrogen) atoms. The molecule has 5 rings (SSSR count). The van der Waals surface area contributed by atoms with Gasteiger partial charge < -0.3 is 16.0 Å². The summed E-state index contributed by atoms with van der Waals surface area (Å²) >= 11 is 0. The minimum atomic E-state index is -4.59. The molecule has 0 radical (unpaired) electrons. The Hall–Kier alpha value is -4.13. The van der Waals surface area contributed by atoms with Crippen molar-refractivity contribution in [1.82, 2.24) is 30.2 Å². The molecule has 3 N–H and O–H groups in total. The van der Waals surface area contributed by atoms with E-state index in [0.717, 1.165) is 23.7 Å². The van der Waals surface area contributed by atoms with Crippen LogP contribution in [-0.4, -0.2) is 56.4 Å². The fraction of sp³-hybridized carbons (Fsp3) is 0.276. The highest BCUT2D eigenvalue weighted by molar-refractivity contribution is 6.04. The van der Waals surface area contributed by atoms with Gasteiger partial charge in [-0.25, -0.2) is 19.9 Å². The Kier molecular flexibility index (Phi) is 9.71. The molecule has 3 heterocycles. The van der Waals surface area contributed by atoms with Crippen LogP contribution in [0.25, 0.3) is 11.3 Å². The van der Waals surface area contributed by atoms with Crippen molar-refractivity contribution in [2.24, 2.45) is 0 Å². The van der Waals surface area contributed by atoms with Gasteiger partial charge in [-0.3, -0.25) is 9.69 Å². The highest BCUT2D eigenvalue weighted by atomic mass is 35.5. The third-order valence-corrected chi connectivity index (χ3v) is 6.78. The maximum absolute atomic E-state index is 14.0. The molecule has 0 aliphatic carbocycles. The lowest BCUT2D eigenvalue weighted by atomic mass is 10.0. The quantitative estimate of drug-likeness (QED) is 0.257. The maximum Gasteiger partial charge on any atom is 0.416 e. The van der Waals surface area contributed by atoms with Crippen LogP contribution in [0.5, 0.6) is 0 Å². The van der Waals surface area contributed by atoms with Gasteiger partial charge in [0.1, 0.15) is 6.33 Å². The highest BCUT2D eigenvalue weighted by Gasteiger charge is 2.34. The lowest BCUT2D eigenvalue weighted by Gasteiger charge is -2.32. The fourth-order valence-electron chi connectivity index (χ4n) is 4.69. The molecule has 4 aromatic rings. The molecule has 1 aliphatic heterocycles. The predicted molar refractivity (Wildman–Crippen MR) is 157 cm³/mol. The smallest absolute Gasteiger partial charge is 0.324 e. The molecule has 0 saturated carbocycles. The van der Waals surface area contributed by atoms with Gasteiger partial charge in [-0.1, -0.05) is 12.1 Å². The Morgan fingerprint density at radius 1 is 1.12 bits per heavy atom. The number of amides is 1. The fourth-order valence-corrected chi connectivity index (χ4v) is 4.69. The average Bonchev–Trinajstić information content (AvgIpc) is 2.95. The topological polar surface area (TPSA) is 108 Å². The summed E-state index contributed by atoms with van der Waals surface area (Å²) in [6.45, 7) is 6.06. The van der Waals surface area contributed by atoms with E-state index < -0.39 is 17.6 Å². The summed E-state index contributed by atoms with van der Waals surface area (Å²) < 4.78 is 42.0. The number of anilines is 3. The first-order chi connectivity index (χ1) is 19.7. The first-order valence-corrected chi connectivity index (χ1v) is 13.1. The molecule has 220 valence electrons. The van der Waals surface area contributed by atoms with Crippen LogP contribution in [0.4, 0.5) is 30.5 Å². The lowest BCUT2D eigenvalue weighted by Crippen LogP contribution is -2.48. The Labute approximate surface area is 247 Å². The van der Waals surface area contributed by atoms with Crippen molar-refractivity contribution in [2.75, 3.05) is 30.3 Å². The van der Waals surface area contributed by atoms with Gasteiger partial charge in [0.2, 0.25) is 5.95 Å². The van der Waals surface area contributed by atoms with Crippen molar-refractivity contribution in [3.63, 3.8) is 0 Å². The second-order valence-corrected chi connectivity index (χ2v) is 9.96. The number of rotatable bonds is 7. The van der Waals surface area contributed by atoms with Gasteiger partial charge >= 0.3 is 6.18 Å². The molecule has 1 amide bonds. The Morgan fingerprint density at radius 2 is 1.90 bits per heavy atom. The number of nitrogens with zero attached hydrogens (tertiary/aromatic N) is 5. The molecule has 1 atom stereocenters. The molecule has 1 fully saturated rings. The summed E-state index contributed by atoms with van der Waals surface area (Å²) in [6.07, 6.45) is 1.72. The van der Waals surface area contributed by atoms with E-state index in [4.69, 9.17) is 0 Å². The van der Waals surface area contributed by atoms with Crippen LogP contribution < -0.4 is 16.0 Å². The average molecular weight is 599 g/mol. The van der Waals surface area contributed by atoms with Gasteiger partial charge in [-0.15, -0.1) is 12.4 Å². The van der Waals surface area contributed by atoms with E-state index >= 15 is 0 Å². The number of piperazine rings is 1. The summed E-state index contributed by atoms with van der Waals surface area (Å²) in [5, 5.41) is 9.14. The van der Waals surface area contributed by atoms with Crippen LogP contribution in [-0.2, 0) is 12.7 Å². The van der Waals surface area contributed by atoms with Gasteiger partial charge in [0.25, 0.3) is 5.91 Å². The van der Waals surface area contributed by atoms with Crippen molar-refractivity contribution in [3.8, 4) is 11.3 Å². The molecular weight excluding hydrogens is 569 g/mol. The highest BCUT2D eigenvalue weighted by Crippen LogP contribution is 2.34. The molecule has 1 aliphatic rings. The number of hydrogen-bond acceptors (Lipinski definition) is 8. The Morgan fingerprint density at radius 3 is 2.64 bits per heavy atom. The van der Waals surface area contributed by atoms with Crippen LogP contribution in [0.2, 0.25) is 0 Å². The van der Waals surface area contributed by atoms with Crippen molar-refractivity contribution in [1.29, 1.82) is 0 Å². The number of carbonyl (C=O) groups excluding carboxylic acids is 1. The van der Waals surface area contributed by atoms with Gasteiger partial charge in [0, 0.05) is 73.3 Å². The van der Waals surface area contributed by atoms with Gasteiger partial charge in [-0.2, -0.15) is 13.2 Å². The molecule has 1 unspecified atom stereocenters. The van der Waals surface area contributed by atoms with E-state index in [9.17, 15) is 18.0 Å². The van der Waals surface area contributed by atoms with Gasteiger partial charge in [0.05, 0.1) is 11.3 Å². The molecule has 0 bridgehead atoms. The molecule has 0 spiro atoms. The lowest BCUT2D eigenvalue weighted by molar-refractivity contribution is -0.138. The Bertz CT molecular complexity index is 1540. The van der Waals surface area contributed by atoms with E-state index in [-0.39, 0.29) is 36.1 Å². The van der Waals surface area contributed by atoms with E-state index in [1.165, 1.54) is 18.5 Å². The minimum absolute atomic E-state index is 0. The van der Waals surface area contributed by atoms with E-state index in [2.05, 4.69) is 35.9 Å². The van der Waals surface area contributed by atoms with E-state index in [1.54, 1.807) is 42.9 Å². The zero-order valence-corrected chi connectivity index (χ0v) is 23.8. The maximum atomic E-state index is 14.0. The molecule has 1 saturated heterocycles. The number of carbonyl (C=O) groups is 1. The second kappa shape index (κ2) is 13.2. The Balaban J connectivity index is 0.00000405. The molecule has 2 aromatic carbocycles. The van der Waals surface area contributed by atoms with Crippen LogP contribution in [0.3, 0.4) is 0 Å². The van der Waals surface area contributed by atoms with E-state index in [1.807, 2.05) is 18.7 Å². The number of nitrogens with one attached hydrogen (secondary N) is 3. The first-order valence-electron chi connectivity index (χ1n) is 13.1. The summed E-state index contributed by atoms with van der Waals surface area (Å²) in [4.78, 5) is 31.8. The van der Waals surface area contributed by atoms with Crippen molar-refractivity contribution < 1.29 is 18.0 Å². The van der Waals surface area contributed by atoms with Crippen molar-refractivity contribution in [3.05, 3.63) is 89.6 Å². The van der Waals surface area contributed by atoms with Crippen LogP contribution in [0.1, 0.15) is 34.0 Å².